The number of carbonyl (C=O) groups is 1. The average molecular weight is 281 g/mol. The van der Waals surface area contributed by atoms with Crippen molar-refractivity contribution in [2.24, 2.45) is 5.92 Å². The maximum atomic E-state index is 10.6. The van der Waals surface area contributed by atoms with Gasteiger partial charge in [-0.05, 0) is 31.4 Å². The number of piperidine rings is 1. The summed E-state index contributed by atoms with van der Waals surface area (Å²) in [7, 11) is 0. The van der Waals surface area contributed by atoms with Crippen molar-refractivity contribution in [3.8, 4) is 0 Å². The molecule has 0 spiro atoms. The van der Waals surface area contributed by atoms with Gasteiger partial charge >= 0.3 is 5.97 Å². The summed E-state index contributed by atoms with van der Waals surface area (Å²) in [5, 5.41) is 9.73. The van der Waals surface area contributed by atoms with Crippen molar-refractivity contribution in [1.29, 1.82) is 0 Å². The fourth-order valence-corrected chi connectivity index (χ4v) is 2.83. The van der Waals surface area contributed by atoms with Gasteiger partial charge in [-0.3, -0.25) is 4.79 Å². The Labute approximate surface area is 117 Å². The number of hydrogen-bond donors (Lipinski definition) is 1. The van der Waals surface area contributed by atoms with E-state index in [2.05, 4.69) is 14.9 Å². The first kappa shape index (κ1) is 14.1. The van der Waals surface area contributed by atoms with Gasteiger partial charge in [0.25, 0.3) is 0 Å². The highest BCUT2D eigenvalue weighted by molar-refractivity contribution is 7.98. The molecule has 1 aliphatic heterocycles. The third kappa shape index (κ3) is 4.09. The second kappa shape index (κ2) is 6.75. The van der Waals surface area contributed by atoms with Crippen LogP contribution in [0.25, 0.3) is 0 Å². The maximum absolute atomic E-state index is 10.6. The van der Waals surface area contributed by atoms with Gasteiger partial charge < -0.3 is 10.0 Å². The van der Waals surface area contributed by atoms with E-state index in [1.54, 1.807) is 18.1 Å². The van der Waals surface area contributed by atoms with Crippen molar-refractivity contribution in [1.82, 2.24) is 9.97 Å². The second-order valence-corrected chi connectivity index (χ2v) is 5.63. The molecule has 1 aliphatic rings. The molecule has 0 amide bonds. The summed E-state index contributed by atoms with van der Waals surface area (Å²) in [6.45, 7) is 1.90. The first-order valence-corrected chi connectivity index (χ1v) is 7.74. The molecule has 2 heterocycles. The summed E-state index contributed by atoms with van der Waals surface area (Å²) in [6, 6.07) is 2.00. The molecular formula is C13H19N3O2S. The molecule has 5 nitrogen and oxygen atoms in total. The van der Waals surface area contributed by atoms with Gasteiger partial charge in [0.05, 0.1) is 0 Å². The lowest BCUT2D eigenvalue weighted by Crippen LogP contribution is -2.36. The lowest BCUT2D eigenvalue weighted by molar-refractivity contribution is -0.137. The van der Waals surface area contributed by atoms with Gasteiger partial charge in [-0.15, -0.1) is 11.8 Å². The SMILES string of the molecule is CSc1cc(N2CCCC(CCC(=O)O)C2)ncn1. The average Bonchev–Trinajstić information content (AvgIpc) is 2.45. The summed E-state index contributed by atoms with van der Waals surface area (Å²) in [6.07, 6.45) is 6.83. The highest BCUT2D eigenvalue weighted by atomic mass is 32.2. The number of aromatic nitrogens is 2. The molecule has 1 fully saturated rings. The topological polar surface area (TPSA) is 66.3 Å². The van der Waals surface area contributed by atoms with E-state index in [4.69, 9.17) is 5.11 Å². The van der Waals surface area contributed by atoms with Crippen LogP contribution in [0.5, 0.6) is 0 Å². The third-order valence-corrected chi connectivity index (χ3v) is 4.09. The molecule has 1 unspecified atom stereocenters. The Bertz CT molecular complexity index is 442. The van der Waals surface area contributed by atoms with Gasteiger partial charge in [-0.1, -0.05) is 0 Å². The van der Waals surface area contributed by atoms with Crippen molar-refractivity contribution in [2.45, 2.75) is 30.7 Å². The molecule has 0 radical (unpaired) electrons. The van der Waals surface area contributed by atoms with E-state index in [0.717, 1.165) is 43.2 Å². The van der Waals surface area contributed by atoms with E-state index in [9.17, 15) is 4.79 Å². The Balaban J connectivity index is 1.97. The number of carboxylic acids is 1. The van der Waals surface area contributed by atoms with E-state index in [0.29, 0.717) is 5.92 Å². The molecule has 2 rings (SSSR count). The van der Waals surface area contributed by atoms with Crippen LogP contribution in [-0.2, 0) is 4.79 Å². The molecule has 1 aromatic heterocycles. The van der Waals surface area contributed by atoms with Crippen LogP contribution in [0.4, 0.5) is 5.82 Å². The van der Waals surface area contributed by atoms with Crippen LogP contribution in [-0.4, -0.2) is 40.4 Å². The quantitative estimate of drug-likeness (QED) is 0.660. The van der Waals surface area contributed by atoms with Crippen LogP contribution in [0.15, 0.2) is 17.4 Å². The summed E-state index contributed by atoms with van der Waals surface area (Å²) in [4.78, 5) is 21.4. The fraction of sp³-hybridized carbons (Fsp3) is 0.615. The standard InChI is InChI=1S/C13H19N3O2S/c1-19-12-7-11(14-9-15-12)16-6-2-3-10(8-16)4-5-13(17)18/h7,9-10H,2-6,8H2,1H3,(H,17,18). The van der Waals surface area contributed by atoms with Crippen LogP contribution in [0, 0.1) is 5.92 Å². The molecule has 6 heteroatoms. The molecular weight excluding hydrogens is 262 g/mol. The fourth-order valence-electron chi connectivity index (χ4n) is 2.45. The first-order valence-electron chi connectivity index (χ1n) is 6.52. The van der Waals surface area contributed by atoms with Gasteiger partial charge in [0.15, 0.2) is 0 Å². The second-order valence-electron chi connectivity index (χ2n) is 4.81. The molecule has 0 saturated carbocycles. The largest absolute Gasteiger partial charge is 0.481 e. The number of nitrogens with zero attached hydrogens (tertiary/aromatic N) is 3. The van der Waals surface area contributed by atoms with Gasteiger partial charge in [-0.2, -0.15) is 0 Å². The van der Waals surface area contributed by atoms with Crippen LogP contribution < -0.4 is 4.90 Å². The zero-order valence-corrected chi connectivity index (χ0v) is 11.9. The van der Waals surface area contributed by atoms with Crippen LogP contribution >= 0.6 is 11.8 Å². The highest BCUT2D eigenvalue weighted by Crippen LogP contribution is 2.25. The van der Waals surface area contributed by atoms with Gasteiger partial charge in [0, 0.05) is 25.6 Å². The zero-order chi connectivity index (χ0) is 13.7. The number of rotatable bonds is 5. The van der Waals surface area contributed by atoms with E-state index >= 15 is 0 Å². The number of thioether (sulfide) groups is 1. The lowest BCUT2D eigenvalue weighted by Gasteiger charge is -2.33. The molecule has 1 N–H and O–H groups in total. The Morgan fingerprint density at radius 1 is 1.58 bits per heavy atom. The number of hydrogen-bond acceptors (Lipinski definition) is 5. The predicted molar refractivity (Wildman–Crippen MR) is 75.6 cm³/mol. The molecule has 1 aromatic rings. The molecule has 104 valence electrons. The summed E-state index contributed by atoms with van der Waals surface area (Å²) < 4.78 is 0. The van der Waals surface area contributed by atoms with Crippen molar-refractivity contribution < 1.29 is 9.90 Å². The minimum atomic E-state index is -0.705. The van der Waals surface area contributed by atoms with E-state index in [1.807, 2.05) is 12.3 Å². The van der Waals surface area contributed by atoms with Crippen LogP contribution in [0.3, 0.4) is 0 Å². The Kier molecular flexibility index (Phi) is 5.01. The van der Waals surface area contributed by atoms with Crippen molar-refractivity contribution >= 4 is 23.5 Å². The van der Waals surface area contributed by atoms with Crippen molar-refractivity contribution in [2.75, 3.05) is 24.2 Å². The summed E-state index contributed by atoms with van der Waals surface area (Å²) in [5.74, 6) is 0.709. The van der Waals surface area contributed by atoms with E-state index < -0.39 is 5.97 Å². The first-order chi connectivity index (χ1) is 9.19. The Morgan fingerprint density at radius 3 is 3.16 bits per heavy atom. The van der Waals surface area contributed by atoms with Crippen LogP contribution in [0.2, 0.25) is 0 Å². The van der Waals surface area contributed by atoms with Gasteiger partial charge in [-0.25, -0.2) is 9.97 Å². The minimum absolute atomic E-state index is 0.262. The van der Waals surface area contributed by atoms with E-state index in [-0.39, 0.29) is 6.42 Å². The maximum Gasteiger partial charge on any atom is 0.303 e. The number of anilines is 1. The van der Waals surface area contributed by atoms with Gasteiger partial charge in [0.2, 0.25) is 0 Å². The number of aliphatic carboxylic acids is 1. The summed E-state index contributed by atoms with van der Waals surface area (Å²) in [5.41, 5.74) is 0. The smallest absolute Gasteiger partial charge is 0.303 e. The van der Waals surface area contributed by atoms with Crippen molar-refractivity contribution in [3.05, 3.63) is 12.4 Å². The Hall–Kier alpha value is -1.30. The normalized spacial score (nSPS) is 19.4. The molecule has 1 saturated heterocycles. The monoisotopic (exact) mass is 281 g/mol. The minimum Gasteiger partial charge on any atom is -0.481 e. The predicted octanol–water partition coefficient (Wildman–Crippen LogP) is 2.28. The lowest BCUT2D eigenvalue weighted by atomic mass is 9.93. The zero-order valence-electron chi connectivity index (χ0n) is 11.1. The number of carboxylic acid groups (broad SMARTS) is 1. The summed E-state index contributed by atoms with van der Waals surface area (Å²) >= 11 is 1.61. The van der Waals surface area contributed by atoms with Crippen molar-refractivity contribution in [3.63, 3.8) is 0 Å². The molecule has 0 aromatic carbocycles. The third-order valence-electron chi connectivity index (χ3n) is 3.45. The molecule has 19 heavy (non-hydrogen) atoms. The highest BCUT2D eigenvalue weighted by Gasteiger charge is 2.21. The molecule has 0 bridgehead atoms. The molecule has 0 aliphatic carbocycles. The molecule has 1 atom stereocenters. The van der Waals surface area contributed by atoms with Gasteiger partial charge in [0.1, 0.15) is 17.2 Å². The Morgan fingerprint density at radius 2 is 2.42 bits per heavy atom. The van der Waals surface area contributed by atoms with E-state index in [1.165, 1.54) is 0 Å². The van der Waals surface area contributed by atoms with Crippen LogP contribution in [0.1, 0.15) is 25.7 Å².